The number of nitrogens with zero attached hydrogens (tertiary/aromatic N) is 5. The minimum absolute atomic E-state index is 0.150. The summed E-state index contributed by atoms with van der Waals surface area (Å²) in [7, 11) is 0. The maximum atomic E-state index is 13.3. The van der Waals surface area contributed by atoms with Crippen molar-refractivity contribution in [3.63, 3.8) is 0 Å². The minimum Gasteiger partial charge on any atom is -0.378 e. The van der Waals surface area contributed by atoms with Gasteiger partial charge < -0.3 is 31.0 Å². The van der Waals surface area contributed by atoms with Crippen LogP contribution in [-0.4, -0.2) is 52.4 Å². The van der Waals surface area contributed by atoms with Crippen LogP contribution in [0.5, 0.6) is 0 Å². The Morgan fingerprint density at radius 1 is 1.06 bits per heavy atom. The highest BCUT2D eigenvalue weighted by Crippen LogP contribution is 2.28. The van der Waals surface area contributed by atoms with E-state index in [1.165, 1.54) is 0 Å². The van der Waals surface area contributed by atoms with Gasteiger partial charge in [0, 0.05) is 61.7 Å². The van der Waals surface area contributed by atoms with Crippen molar-refractivity contribution < 1.29 is 4.74 Å². The molecule has 5 rings (SSSR count). The average Bonchev–Trinajstić information content (AvgIpc) is 2.87. The highest BCUT2D eigenvalue weighted by molar-refractivity contribution is 5.95. The second kappa shape index (κ2) is 9.46. The number of aromatic nitrogens is 4. The SMILES string of the molecule is NCCn1ccc2cc(-c3cnc(N)nc3)nc(Nc3ccc(N4CCOCC4)cc3)c2c1=O. The summed E-state index contributed by atoms with van der Waals surface area (Å²) < 4.78 is 7.04. The van der Waals surface area contributed by atoms with Crippen LogP contribution in [0.4, 0.5) is 23.1 Å². The van der Waals surface area contributed by atoms with E-state index in [0.717, 1.165) is 43.1 Å². The molecule has 0 saturated carbocycles. The zero-order valence-electron chi connectivity index (χ0n) is 18.6. The maximum Gasteiger partial charge on any atom is 0.262 e. The Morgan fingerprint density at radius 3 is 2.50 bits per heavy atom. The number of benzene rings is 1. The number of anilines is 4. The Morgan fingerprint density at radius 2 is 1.79 bits per heavy atom. The lowest BCUT2D eigenvalue weighted by Crippen LogP contribution is -2.36. The van der Waals surface area contributed by atoms with E-state index in [1.54, 1.807) is 23.2 Å². The summed E-state index contributed by atoms with van der Waals surface area (Å²) in [5, 5.41) is 4.60. The molecule has 0 radical (unpaired) electrons. The van der Waals surface area contributed by atoms with Crippen LogP contribution in [0.1, 0.15) is 0 Å². The van der Waals surface area contributed by atoms with Crippen molar-refractivity contribution in [2.45, 2.75) is 6.54 Å². The van der Waals surface area contributed by atoms with Gasteiger partial charge in [0.15, 0.2) is 0 Å². The number of nitrogens with one attached hydrogen (secondary N) is 1. The van der Waals surface area contributed by atoms with Gasteiger partial charge in [-0.1, -0.05) is 0 Å². The van der Waals surface area contributed by atoms with Crippen molar-refractivity contribution in [3.05, 3.63) is 65.3 Å². The van der Waals surface area contributed by atoms with Crippen LogP contribution in [0.3, 0.4) is 0 Å². The standard InChI is InChI=1S/C24H26N8O2/c25-6-8-32-7-5-16-13-20(17-14-27-24(26)28-15-17)30-22(21(16)23(32)33)29-18-1-3-19(4-2-18)31-9-11-34-12-10-31/h1-5,7,13-15H,6,8-12,25H2,(H,29,30)(H2,26,27,28). The first-order valence-corrected chi connectivity index (χ1v) is 11.1. The van der Waals surface area contributed by atoms with Gasteiger partial charge in [-0.2, -0.15) is 0 Å². The molecule has 1 fully saturated rings. The fraction of sp³-hybridized carbons (Fsp3) is 0.250. The second-order valence-corrected chi connectivity index (χ2v) is 8.02. The first-order chi connectivity index (χ1) is 16.6. The molecule has 0 aliphatic carbocycles. The number of ether oxygens (including phenoxy) is 1. The van der Waals surface area contributed by atoms with Crippen molar-refractivity contribution in [2.24, 2.45) is 5.73 Å². The molecule has 10 heteroatoms. The molecule has 1 aromatic carbocycles. The van der Waals surface area contributed by atoms with E-state index >= 15 is 0 Å². The molecule has 0 amide bonds. The third-order valence-electron chi connectivity index (χ3n) is 5.80. The van der Waals surface area contributed by atoms with Crippen LogP contribution >= 0.6 is 0 Å². The van der Waals surface area contributed by atoms with E-state index in [4.69, 9.17) is 21.2 Å². The van der Waals surface area contributed by atoms with E-state index in [1.807, 2.05) is 24.3 Å². The number of nitrogen functional groups attached to an aromatic ring is 1. The van der Waals surface area contributed by atoms with Crippen LogP contribution < -0.4 is 27.2 Å². The predicted octanol–water partition coefficient (Wildman–Crippen LogP) is 1.97. The molecule has 0 spiro atoms. The minimum atomic E-state index is -0.150. The Kier molecular flexibility index (Phi) is 6.07. The van der Waals surface area contributed by atoms with E-state index in [-0.39, 0.29) is 11.5 Å². The number of hydrogen-bond donors (Lipinski definition) is 3. The molecule has 10 nitrogen and oxygen atoms in total. The van der Waals surface area contributed by atoms with Crippen LogP contribution in [0, 0.1) is 0 Å². The number of rotatable bonds is 6. The summed E-state index contributed by atoms with van der Waals surface area (Å²) in [5.74, 6) is 0.646. The zero-order valence-corrected chi connectivity index (χ0v) is 18.6. The number of fused-ring (bicyclic) bond motifs is 1. The quantitative estimate of drug-likeness (QED) is 0.396. The lowest BCUT2D eigenvalue weighted by molar-refractivity contribution is 0.122. The van der Waals surface area contributed by atoms with Gasteiger partial charge in [0.2, 0.25) is 5.95 Å². The summed E-state index contributed by atoms with van der Waals surface area (Å²) in [4.78, 5) is 28.4. The van der Waals surface area contributed by atoms with Gasteiger partial charge in [-0.15, -0.1) is 0 Å². The molecular formula is C24H26N8O2. The summed E-state index contributed by atoms with van der Waals surface area (Å²) >= 11 is 0. The highest BCUT2D eigenvalue weighted by Gasteiger charge is 2.15. The molecule has 174 valence electrons. The predicted molar refractivity (Wildman–Crippen MR) is 133 cm³/mol. The topological polar surface area (TPSA) is 137 Å². The van der Waals surface area contributed by atoms with Crippen molar-refractivity contribution in [2.75, 3.05) is 48.8 Å². The Balaban J connectivity index is 1.56. The third-order valence-corrected chi connectivity index (χ3v) is 5.80. The monoisotopic (exact) mass is 458 g/mol. The molecule has 3 aromatic heterocycles. The maximum absolute atomic E-state index is 13.3. The highest BCUT2D eigenvalue weighted by atomic mass is 16.5. The van der Waals surface area contributed by atoms with E-state index in [0.29, 0.717) is 35.6 Å². The fourth-order valence-corrected chi connectivity index (χ4v) is 4.04. The van der Waals surface area contributed by atoms with Crippen LogP contribution in [0.25, 0.3) is 22.0 Å². The number of morpholine rings is 1. The smallest absolute Gasteiger partial charge is 0.262 e. The lowest BCUT2D eigenvalue weighted by atomic mass is 10.1. The lowest BCUT2D eigenvalue weighted by Gasteiger charge is -2.29. The van der Waals surface area contributed by atoms with E-state index in [9.17, 15) is 4.79 Å². The molecule has 0 bridgehead atoms. The van der Waals surface area contributed by atoms with Crippen molar-refractivity contribution in [3.8, 4) is 11.3 Å². The molecule has 34 heavy (non-hydrogen) atoms. The van der Waals surface area contributed by atoms with Gasteiger partial charge in [0.25, 0.3) is 5.56 Å². The van der Waals surface area contributed by atoms with Gasteiger partial charge in [0.05, 0.1) is 24.3 Å². The zero-order chi connectivity index (χ0) is 23.5. The molecular weight excluding hydrogens is 432 g/mol. The van der Waals surface area contributed by atoms with Crippen LogP contribution in [-0.2, 0) is 11.3 Å². The van der Waals surface area contributed by atoms with Crippen molar-refractivity contribution >= 4 is 33.9 Å². The van der Waals surface area contributed by atoms with E-state index < -0.39 is 0 Å². The first-order valence-electron chi connectivity index (χ1n) is 11.1. The molecule has 0 atom stereocenters. The third kappa shape index (κ3) is 4.41. The number of nitrogens with two attached hydrogens (primary N) is 2. The average molecular weight is 459 g/mol. The summed E-state index contributed by atoms with van der Waals surface area (Å²) in [6, 6.07) is 11.8. The van der Waals surface area contributed by atoms with E-state index in [2.05, 4.69) is 32.3 Å². The Hall–Kier alpha value is -4.02. The molecule has 0 unspecified atom stereocenters. The number of hydrogen-bond acceptors (Lipinski definition) is 9. The fourth-order valence-electron chi connectivity index (χ4n) is 4.04. The van der Waals surface area contributed by atoms with Crippen LogP contribution in [0.15, 0.2) is 59.8 Å². The molecule has 1 aliphatic rings. The summed E-state index contributed by atoms with van der Waals surface area (Å²) in [6.07, 6.45) is 4.99. The van der Waals surface area contributed by atoms with Crippen molar-refractivity contribution in [1.29, 1.82) is 0 Å². The first kappa shape index (κ1) is 21.8. The largest absolute Gasteiger partial charge is 0.378 e. The molecule has 1 aliphatic heterocycles. The summed E-state index contributed by atoms with van der Waals surface area (Å²) in [5.41, 5.74) is 14.5. The Bertz CT molecular complexity index is 1350. The van der Waals surface area contributed by atoms with Gasteiger partial charge >= 0.3 is 0 Å². The van der Waals surface area contributed by atoms with Gasteiger partial charge in [-0.3, -0.25) is 4.79 Å². The Labute approximate surface area is 196 Å². The molecule has 1 saturated heterocycles. The summed E-state index contributed by atoms with van der Waals surface area (Å²) in [6.45, 7) is 3.98. The molecule has 5 N–H and O–H groups in total. The molecule has 4 heterocycles. The number of pyridine rings is 2. The molecule has 4 aromatic rings. The second-order valence-electron chi connectivity index (χ2n) is 8.02. The van der Waals surface area contributed by atoms with Gasteiger partial charge in [-0.25, -0.2) is 15.0 Å². The van der Waals surface area contributed by atoms with Gasteiger partial charge in [-0.05, 0) is 41.8 Å². The normalized spacial score (nSPS) is 13.9. The van der Waals surface area contributed by atoms with Crippen molar-refractivity contribution in [1.82, 2.24) is 19.5 Å². The van der Waals surface area contributed by atoms with Crippen LogP contribution in [0.2, 0.25) is 0 Å². The van der Waals surface area contributed by atoms with Gasteiger partial charge in [0.1, 0.15) is 5.82 Å².